The van der Waals surface area contributed by atoms with E-state index in [9.17, 15) is 4.79 Å². The summed E-state index contributed by atoms with van der Waals surface area (Å²) in [5.41, 5.74) is 0.830. The quantitative estimate of drug-likeness (QED) is 0.631. The maximum atomic E-state index is 11.6. The Kier molecular flexibility index (Phi) is 3.94. The second-order valence-corrected chi connectivity index (χ2v) is 5.11. The third-order valence-corrected chi connectivity index (χ3v) is 4.21. The summed E-state index contributed by atoms with van der Waals surface area (Å²) in [4.78, 5) is 19.0. The number of ketones is 1. The zero-order valence-corrected chi connectivity index (χ0v) is 11.4. The Labute approximate surface area is 107 Å². The van der Waals surface area contributed by atoms with Gasteiger partial charge in [0, 0.05) is 13.1 Å². The fraction of sp³-hybridized carbons (Fsp3) is 0.600. The van der Waals surface area contributed by atoms with E-state index in [1.807, 2.05) is 6.92 Å². The molecule has 1 aliphatic heterocycles. The van der Waals surface area contributed by atoms with E-state index in [-0.39, 0.29) is 5.78 Å². The standard InChI is InChI=1S/C10H13BrN2O2S/c1-7-9(8(14)6-11)16-10(12-7)13-2-4-15-5-3-13/h2-6H2,1H3. The molecule has 0 amide bonds. The predicted octanol–water partition coefficient (Wildman–Crippen LogP) is 1.87. The number of hydrogen-bond donors (Lipinski definition) is 0. The summed E-state index contributed by atoms with van der Waals surface area (Å²) in [7, 11) is 0. The Bertz CT molecular complexity index is 388. The predicted molar refractivity (Wildman–Crippen MR) is 68.0 cm³/mol. The van der Waals surface area contributed by atoms with Gasteiger partial charge in [0.15, 0.2) is 10.9 Å². The van der Waals surface area contributed by atoms with E-state index in [0.717, 1.165) is 42.0 Å². The maximum Gasteiger partial charge on any atom is 0.186 e. The third-order valence-electron chi connectivity index (χ3n) is 2.44. The topological polar surface area (TPSA) is 42.4 Å². The number of rotatable bonds is 3. The first-order valence-corrected chi connectivity index (χ1v) is 7.05. The zero-order chi connectivity index (χ0) is 11.5. The molecule has 0 aliphatic carbocycles. The van der Waals surface area contributed by atoms with Crippen molar-refractivity contribution >= 4 is 38.2 Å². The van der Waals surface area contributed by atoms with Crippen LogP contribution in [0.5, 0.6) is 0 Å². The number of carbonyl (C=O) groups excluding carboxylic acids is 1. The van der Waals surface area contributed by atoms with Crippen LogP contribution in [0.4, 0.5) is 5.13 Å². The summed E-state index contributed by atoms with van der Waals surface area (Å²) in [6, 6.07) is 0. The van der Waals surface area contributed by atoms with Crippen molar-refractivity contribution in [3.8, 4) is 0 Å². The second kappa shape index (κ2) is 5.25. The van der Waals surface area contributed by atoms with Crippen molar-refractivity contribution in [3.05, 3.63) is 10.6 Å². The van der Waals surface area contributed by atoms with Crippen molar-refractivity contribution in [1.29, 1.82) is 0 Å². The van der Waals surface area contributed by atoms with Crippen LogP contribution in [-0.2, 0) is 4.74 Å². The van der Waals surface area contributed by atoms with Crippen LogP contribution in [0.15, 0.2) is 0 Å². The molecule has 16 heavy (non-hydrogen) atoms. The second-order valence-electron chi connectivity index (χ2n) is 3.57. The van der Waals surface area contributed by atoms with Gasteiger partial charge in [0.25, 0.3) is 0 Å². The normalized spacial score (nSPS) is 16.5. The molecule has 0 radical (unpaired) electrons. The first-order valence-electron chi connectivity index (χ1n) is 5.11. The Morgan fingerprint density at radius 3 is 2.88 bits per heavy atom. The molecule has 4 nitrogen and oxygen atoms in total. The van der Waals surface area contributed by atoms with Crippen molar-refractivity contribution in [1.82, 2.24) is 4.98 Å². The number of aryl methyl sites for hydroxylation is 1. The smallest absolute Gasteiger partial charge is 0.186 e. The molecule has 0 aromatic carbocycles. The van der Waals surface area contributed by atoms with E-state index < -0.39 is 0 Å². The molecule has 1 fully saturated rings. The van der Waals surface area contributed by atoms with Crippen LogP contribution in [0.2, 0.25) is 0 Å². The van der Waals surface area contributed by atoms with Gasteiger partial charge in [0.1, 0.15) is 0 Å². The lowest BCUT2D eigenvalue weighted by Gasteiger charge is -2.25. The number of thiazole rings is 1. The van der Waals surface area contributed by atoms with Crippen LogP contribution in [0.25, 0.3) is 0 Å². The number of alkyl halides is 1. The van der Waals surface area contributed by atoms with Gasteiger partial charge >= 0.3 is 0 Å². The van der Waals surface area contributed by atoms with Gasteiger partial charge < -0.3 is 9.64 Å². The molecular weight excluding hydrogens is 292 g/mol. The number of morpholine rings is 1. The average Bonchev–Trinajstić information content (AvgIpc) is 2.71. The summed E-state index contributed by atoms with van der Waals surface area (Å²) in [6.45, 7) is 5.07. The molecule has 0 spiro atoms. The summed E-state index contributed by atoms with van der Waals surface area (Å²) in [5.74, 6) is 0.106. The molecule has 0 saturated carbocycles. The van der Waals surface area contributed by atoms with Crippen LogP contribution in [0.1, 0.15) is 15.4 Å². The molecule has 0 N–H and O–H groups in total. The van der Waals surface area contributed by atoms with Gasteiger partial charge in [-0.3, -0.25) is 4.79 Å². The highest BCUT2D eigenvalue weighted by atomic mass is 79.9. The van der Waals surface area contributed by atoms with Gasteiger partial charge in [-0.1, -0.05) is 27.3 Å². The summed E-state index contributed by atoms with van der Waals surface area (Å²) >= 11 is 4.67. The van der Waals surface area contributed by atoms with Gasteiger partial charge in [-0.2, -0.15) is 0 Å². The number of ether oxygens (including phenoxy) is 1. The fourth-order valence-electron chi connectivity index (χ4n) is 1.59. The molecule has 0 unspecified atom stereocenters. The summed E-state index contributed by atoms with van der Waals surface area (Å²) in [6.07, 6.45) is 0. The minimum Gasteiger partial charge on any atom is -0.378 e. The minimum absolute atomic E-state index is 0.106. The molecule has 6 heteroatoms. The SMILES string of the molecule is Cc1nc(N2CCOCC2)sc1C(=O)CBr. The molecule has 1 saturated heterocycles. The lowest BCUT2D eigenvalue weighted by Crippen LogP contribution is -2.36. The van der Waals surface area contributed by atoms with Crippen LogP contribution in [0, 0.1) is 6.92 Å². The molecule has 0 atom stereocenters. The molecule has 1 aromatic heterocycles. The first kappa shape index (κ1) is 12.0. The summed E-state index contributed by atoms with van der Waals surface area (Å²) < 4.78 is 5.29. The van der Waals surface area contributed by atoms with Crippen LogP contribution in [-0.4, -0.2) is 42.4 Å². The minimum atomic E-state index is 0.106. The van der Waals surface area contributed by atoms with E-state index >= 15 is 0 Å². The number of halogens is 1. The number of nitrogens with zero attached hydrogens (tertiary/aromatic N) is 2. The van der Waals surface area contributed by atoms with Gasteiger partial charge in [-0.15, -0.1) is 0 Å². The van der Waals surface area contributed by atoms with Crippen LogP contribution < -0.4 is 4.90 Å². The largest absolute Gasteiger partial charge is 0.378 e. The molecular formula is C10H13BrN2O2S. The van der Waals surface area contributed by atoms with E-state index in [0.29, 0.717) is 5.33 Å². The molecule has 88 valence electrons. The Hall–Kier alpha value is -0.460. The van der Waals surface area contributed by atoms with Gasteiger partial charge in [-0.25, -0.2) is 4.98 Å². The van der Waals surface area contributed by atoms with Gasteiger partial charge in [-0.05, 0) is 6.92 Å². The lowest BCUT2D eigenvalue weighted by molar-refractivity contribution is 0.102. The highest BCUT2D eigenvalue weighted by Gasteiger charge is 2.19. The number of aromatic nitrogens is 1. The Morgan fingerprint density at radius 1 is 1.56 bits per heavy atom. The number of hydrogen-bond acceptors (Lipinski definition) is 5. The third kappa shape index (κ3) is 2.44. The highest BCUT2D eigenvalue weighted by molar-refractivity contribution is 9.09. The van der Waals surface area contributed by atoms with E-state index in [2.05, 4.69) is 25.8 Å². The van der Waals surface area contributed by atoms with E-state index in [4.69, 9.17) is 4.74 Å². The van der Waals surface area contributed by atoms with Gasteiger partial charge in [0.2, 0.25) is 0 Å². The Morgan fingerprint density at radius 2 is 2.25 bits per heavy atom. The van der Waals surface area contributed by atoms with E-state index in [1.54, 1.807) is 0 Å². The molecule has 2 rings (SSSR count). The van der Waals surface area contributed by atoms with Crippen molar-refractivity contribution in [2.45, 2.75) is 6.92 Å². The Balaban J connectivity index is 2.19. The molecule has 2 heterocycles. The zero-order valence-electron chi connectivity index (χ0n) is 9.03. The lowest BCUT2D eigenvalue weighted by atomic mass is 10.3. The average molecular weight is 305 g/mol. The van der Waals surface area contributed by atoms with Crippen molar-refractivity contribution in [2.75, 3.05) is 36.5 Å². The molecule has 0 bridgehead atoms. The van der Waals surface area contributed by atoms with Crippen molar-refractivity contribution < 1.29 is 9.53 Å². The number of Topliss-reactive ketones (excluding diaryl/α,β-unsaturated/α-hetero) is 1. The van der Waals surface area contributed by atoms with E-state index in [1.165, 1.54) is 11.3 Å². The van der Waals surface area contributed by atoms with Gasteiger partial charge in [0.05, 0.1) is 29.1 Å². The fourth-order valence-corrected chi connectivity index (χ4v) is 3.11. The molecule has 1 aromatic rings. The highest BCUT2D eigenvalue weighted by Crippen LogP contribution is 2.27. The van der Waals surface area contributed by atoms with Crippen molar-refractivity contribution in [3.63, 3.8) is 0 Å². The van der Waals surface area contributed by atoms with Crippen LogP contribution in [0.3, 0.4) is 0 Å². The maximum absolute atomic E-state index is 11.6. The monoisotopic (exact) mass is 304 g/mol. The van der Waals surface area contributed by atoms with Crippen molar-refractivity contribution in [2.24, 2.45) is 0 Å². The van der Waals surface area contributed by atoms with Crippen LogP contribution >= 0.6 is 27.3 Å². The first-order chi connectivity index (χ1) is 7.72. The molecule has 1 aliphatic rings. The number of anilines is 1. The number of carbonyl (C=O) groups is 1. The summed E-state index contributed by atoms with van der Waals surface area (Å²) in [5, 5.41) is 1.29.